The summed E-state index contributed by atoms with van der Waals surface area (Å²) in [6.07, 6.45) is 0.673. The number of piperidine rings is 1. The van der Waals surface area contributed by atoms with Crippen molar-refractivity contribution in [2.24, 2.45) is 0 Å². The zero-order chi connectivity index (χ0) is 11.7. The second kappa shape index (κ2) is 4.35. The second-order valence-corrected chi connectivity index (χ2v) is 10.6. The van der Waals surface area contributed by atoms with Crippen molar-refractivity contribution in [3.05, 3.63) is 0 Å². The van der Waals surface area contributed by atoms with Gasteiger partial charge in [-0.3, -0.25) is 4.79 Å². The minimum atomic E-state index is -1.71. The Balaban J connectivity index is 2.57. The molecule has 1 aliphatic rings. The number of hydrogen-bond donors (Lipinski definition) is 1. The summed E-state index contributed by atoms with van der Waals surface area (Å²) >= 11 is 0. The van der Waals surface area contributed by atoms with Crippen molar-refractivity contribution >= 4 is 14.1 Å². The first-order chi connectivity index (χ1) is 6.72. The van der Waals surface area contributed by atoms with Crippen molar-refractivity contribution in [3.63, 3.8) is 0 Å². The predicted molar refractivity (Wildman–Crippen MR) is 64.6 cm³/mol. The first-order valence-corrected chi connectivity index (χ1v) is 8.53. The number of carbonyl (C=O) groups excluding carboxylic acids is 1. The highest BCUT2D eigenvalue weighted by Gasteiger charge is 2.39. The Morgan fingerprint density at radius 2 is 2.00 bits per heavy atom. The van der Waals surface area contributed by atoms with Gasteiger partial charge in [0, 0.05) is 13.0 Å². The van der Waals surface area contributed by atoms with Gasteiger partial charge in [-0.15, -0.1) is 0 Å². The molecule has 0 amide bonds. The Bertz CT molecular complexity index is 245. The van der Waals surface area contributed by atoms with E-state index in [1.807, 2.05) is 0 Å². The highest BCUT2D eigenvalue weighted by molar-refractivity contribution is 6.74. The van der Waals surface area contributed by atoms with Crippen LogP contribution in [0.1, 0.15) is 27.2 Å². The third-order valence-corrected chi connectivity index (χ3v) is 7.95. The lowest BCUT2D eigenvalue weighted by atomic mass is 10.1. The number of carbonyl (C=O) groups is 1. The fourth-order valence-electron chi connectivity index (χ4n) is 1.45. The maximum atomic E-state index is 11.3. The number of nitrogens with one attached hydrogen (secondary N) is 1. The third kappa shape index (κ3) is 3.40. The van der Waals surface area contributed by atoms with Crippen molar-refractivity contribution in [1.82, 2.24) is 5.32 Å². The molecule has 1 rings (SSSR count). The van der Waals surface area contributed by atoms with Gasteiger partial charge in [0.15, 0.2) is 8.32 Å². The van der Waals surface area contributed by atoms with E-state index in [0.29, 0.717) is 13.0 Å². The van der Waals surface area contributed by atoms with E-state index in [1.165, 1.54) is 0 Å². The van der Waals surface area contributed by atoms with Gasteiger partial charge in [0.2, 0.25) is 0 Å². The fraction of sp³-hybridized carbons (Fsp3) is 0.909. The van der Waals surface area contributed by atoms with Crippen LogP contribution in [0.4, 0.5) is 0 Å². The molecule has 1 aliphatic heterocycles. The average Bonchev–Trinajstić information content (AvgIpc) is 2.00. The molecule has 0 aromatic heterocycles. The van der Waals surface area contributed by atoms with Crippen LogP contribution in [0.15, 0.2) is 0 Å². The molecule has 0 aromatic carbocycles. The van der Waals surface area contributed by atoms with E-state index in [4.69, 9.17) is 4.43 Å². The molecule has 0 saturated carbocycles. The smallest absolute Gasteiger partial charge is 0.192 e. The molecule has 15 heavy (non-hydrogen) atoms. The van der Waals surface area contributed by atoms with Gasteiger partial charge in [-0.1, -0.05) is 20.8 Å². The summed E-state index contributed by atoms with van der Waals surface area (Å²) in [6, 6.07) is 0. The van der Waals surface area contributed by atoms with Gasteiger partial charge < -0.3 is 9.74 Å². The SMILES string of the molecule is CC(C)(C)[Si](C)(C)OC1CNCC(=O)C1. The minimum Gasteiger partial charge on any atom is -0.412 e. The maximum absolute atomic E-state index is 11.3. The van der Waals surface area contributed by atoms with Crippen LogP contribution in [0.3, 0.4) is 0 Å². The fourth-order valence-corrected chi connectivity index (χ4v) is 2.80. The number of hydrogen-bond acceptors (Lipinski definition) is 3. The van der Waals surface area contributed by atoms with Crippen molar-refractivity contribution in [2.75, 3.05) is 13.1 Å². The Hall–Kier alpha value is -0.193. The predicted octanol–water partition coefficient (Wildman–Crippen LogP) is 1.94. The van der Waals surface area contributed by atoms with Gasteiger partial charge in [-0.2, -0.15) is 0 Å². The van der Waals surface area contributed by atoms with Crippen LogP contribution in [0.2, 0.25) is 18.1 Å². The molecular formula is C11H23NO2Si. The molecule has 1 fully saturated rings. The van der Waals surface area contributed by atoms with E-state index in [-0.39, 0.29) is 16.9 Å². The van der Waals surface area contributed by atoms with Gasteiger partial charge in [0.1, 0.15) is 5.78 Å². The highest BCUT2D eigenvalue weighted by atomic mass is 28.4. The topological polar surface area (TPSA) is 38.3 Å². The molecule has 1 heterocycles. The van der Waals surface area contributed by atoms with Crippen LogP contribution in [-0.2, 0) is 9.22 Å². The van der Waals surface area contributed by atoms with Gasteiger partial charge in [-0.05, 0) is 18.1 Å². The van der Waals surface area contributed by atoms with Crippen molar-refractivity contribution in [3.8, 4) is 0 Å². The number of ketones is 1. The van der Waals surface area contributed by atoms with Crippen LogP contribution in [0.25, 0.3) is 0 Å². The first kappa shape index (κ1) is 12.9. The average molecular weight is 229 g/mol. The molecule has 0 aliphatic carbocycles. The second-order valence-electron chi connectivity index (χ2n) is 5.87. The zero-order valence-electron chi connectivity index (χ0n) is 10.5. The molecule has 0 radical (unpaired) electrons. The Kier molecular flexibility index (Phi) is 3.74. The molecule has 3 nitrogen and oxygen atoms in total. The summed E-state index contributed by atoms with van der Waals surface area (Å²) in [6.45, 7) is 12.4. The quantitative estimate of drug-likeness (QED) is 0.735. The Morgan fingerprint density at radius 3 is 2.47 bits per heavy atom. The van der Waals surface area contributed by atoms with E-state index in [9.17, 15) is 4.79 Å². The van der Waals surface area contributed by atoms with Gasteiger partial charge in [-0.25, -0.2) is 0 Å². The van der Waals surface area contributed by atoms with E-state index in [1.54, 1.807) is 0 Å². The molecule has 88 valence electrons. The summed E-state index contributed by atoms with van der Waals surface area (Å²) in [4.78, 5) is 11.3. The van der Waals surface area contributed by atoms with Gasteiger partial charge in [0.05, 0.1) is 12.6 Å². The van der Waals surface area contributed by atoms with Gasteiger partial charge >= 0.3 is 0 Å². The highest BCUT2D eigenvalue weighted by Crippen LogP contribution is 2.37. The first-order valence-electron chi connectivity index (χ1n) is 5.62. The van der Waals surface area contributed by atoms with E-state index >= 15 is 0 Å². The Labute approximate surface area is 93.7 Å². The summed E-state index contributed by atoms with van der Waals surface area (Å²) in [7, 11) is -1.71. The van der Waals surface area contributed by atoms with Crippen LogP contribution in [0, 0.1) is 0 Å². The summed E-state index contributed by atoms with van der Waals surface area (Å²) < 4.78 is 6.17. The normalized spacial score (nSPS) is 24.3. The molecular weight excluding hydrogens is 206 g/mol. The van der Waals surface area contributed by atoms with Gasteiger partial charge in [0.25, 0.3) is 0 Å². The maximum Gasteiger partial charge on any atom is 0.192 e. The van der Waals surface area contributed by atoms with Crippen LogP contribution >= 0.6 is 0 Å². The van der Waals surface area contributed by atoms with E-state index in [0.717, 1.165) is 6.54 Å². The summed E-state index contributed by atoms with van der Waals surface area (Å²) in [5.74, 6) is 0.268. The van der Waals surface area contributed by atoms with Crippen molar-refractivity contribution < 1.29 is 9.22 Å². The number of rotatable bonds is 2. The van der Waals surface area contributed by atoms with E-state index in [2.05, 4.69) is 39.2 Å². The molecule has 0 bridgehead atoms. The van der Waals surface area contributed by atoms with Crippen LogP contribution in [-0.4, -0.2) is 33.3 Å². The summed E-state index contributed by atoms with van der Waals surface area (Å²) in [5, 5.41) is 3.32. The van der Waals surface area contributed by atoms with Crippen LogP contribution in [0.5, 0.6) is 0 Å². The molecule has 1 atom stereocenters. The summed E-state index contributed by atoms with van der Waals surface area (Å²) in [5.41, 5.74) is 0. The molecule has 1 unspecified atom stereocenters. The number of Topliss-reactive ketones (excluding diaryl/α,β-unsaturated/α-hetero) is 1. The van der Waals surface area contributed by atoms with Crippen molar-refractivity contribution in [2.45, 2.75) is 51.4 Å². The van der Waals surface area contributed by atoms with Crippen LogP contribution < -0.4 is 5.32 Å². The molecule has 0 aromatic rings. The zero-order valence-corrected chi connectivity index (χ0v) is 11.5. The van der Waals surface area contributed by atoms with E-state index < -0.39 is 8.32 Å². The lowest BCUT2D eigenvalue weighted by Crippen LogP contribution is -2.50. The molecule has 4 heteroatoms. The Morgan fingerprint density at radius 1 is 1.40 bits per heavy atom. The third-order valence-electron chi connectivity index (χ3n) is 3.42. The molecule has 1 N–H and O–H groups in total. The lowest BCUT2D eigenvalue weighted by Gasteiger charge is -2.40. The van der Waals surface area contributed by atoms with Crippen molar-refractivity contribution in [1.29, 1.82) is 0 Å². The molecule has 1 saturated heterocycles. The standard InChI is InChI=1S/C11H23NO2Si/c1-11(2,3)15(4,5)14-10-6-9(13)7-12-8-10/h10,12H,6-8H2,1-5H3. The minimum absolute atomic E-state index is 0.0899. The molecule has 0 spiro atoms. The largest absolute Gasteiger partial charge is 0.412 e. The monoisotopic (exact) mass is 229 g/mol. The lowest BCUT2D eigenvalue weighted by molar-refractivity contribution is -0.121.